The summed E-state index contributed by atoms with van der Waals surface area (Å²) in [7, 11) is 8.02. The highest BCUT2D eigenvalue weighted by atomic mass is 16.5. The first kappa shape index (κ1) is 17.7. The van der Waals surface area contributed by atoms with E-state index in [0.29, 0.717) is 0 Å². The van der Waals surface area contributed by atoms with Crippen LogP contribution in [0.3, 0.4) is 0 Å². The number of nitrogens with zero attached hydrogens (tertiary/aromatic N) is 3. The van der Waals surface area contributed by atoms with E-state index in [-0.39, 0.29) is 11.8 Å². The summed E-state index contributed by atoms with van der Waals surface area (Å²) >= 11 is 0. The first-order valence-corrected chi connectivity index (χ1v) is 9.60. The van der Waals surface area contributed by atoms with Crippen molar-refractivity contribution in [2.75, 3.05) is 42.9 Å². The Balaban J connectivity index is 1.83. The highest BCUT2D eigenvalue weighted by Gasteiger charge is 2.35. The maximum atomic E-state index is 13.4. The van der Waals surface area contributed by atoms with Crippen molar-refractivity contribution in [3.8, 4) is 11.5 Å². The lowest BCUT2D eigenvalue weighted by Gasteiger charge is -2.34. The smallest absolute Gasteiger partial charge is 0.234 e. The summed E-state index contributed by atoms with van der Waals surface area (Å²) in [4.78, 5) is 19.4. The van der Waals surface area contributed by atoms with Gasteiger partial charge in [-0.1, -0.05) is 12.8 Å². The normalized spacial score (nSPS) is 15.8. The molecule has 2 aliphatic rings. The molecular formula is C22H27N3O2. The molecule has 142 valence electrons. The van der Waals surface area contributed by atoms with Crippen LogP contribution in [0.25, 0.3) is 0 Å². The van der Waals surface area contributed by atoms with Gasteiger partial charge < -0.3 is 14.5 Å². The van der Waals surface area contributed by atoms with Crippen LogP contribution in [0.15, 0.2) is 36.4 Å². The van der Waals surface area contributed by atoms with Crippen molar-refractivity contribution < 1.29 is 9.53 Å². The molecule has 0 radical (unpaired) electrons. The summed E-state index contributed by atoms with van der Waals surface area (Å²) in [6.45, 7) is 0. The Labute approximate surface area is 161 Å². The average Bonchev–Trinajstić information content (AvgIpc) is 3.19. The lowest BCUT2D eigenvalue weighted by molar-refractivity contribution is -0.121. The summed E-state index contributed by atoms with van der Waals surface area (Å²) in [6, 6.07) is 12.1. The third kappa shape index (κ3) is 3.11. The Morgan fingerprint density at radius 1 is 0.889 bits per heavy atom. The van der Waals surface area contributed by atoms with Gasteiger partial charge in [0, 0.05) is 57.6 Å². The van der Waals surface area contributed by atoms with E-state index < -0.39 is 0 Å². The molecule has 0 bridgehead atoms. The molecule has 27 heavy (non-hydrogen) atoms. The summed E-state index contributed by atoms with van der Waals surface area (Å²) in [5.74, 6) is 1.76. The van der Waals surface area contributed by atoms with E-state index >= 15 is 0 Å². The van der Waals surface area contributed by atoms with Crippen molar-refractivity contribution in [2.45, 2.75) is 25.7 Å². The molecule has 0 aromatic heterocycles. The molecule has 1 saturated carbocycles. The van der Waals surface area contributed by atoms with Gasteiger partial charge in [-0.25, -0.2) is 0 Å². The molecule has 1 amide bonds. The van der Waals surface area contributed by atoms with Crippen molar-refractivity contribution >= 4 is 28.7 Å². The molecule has 0 N–H and O–H groups in total. The van der Waals surface area contributed by atoms with Crippen LogP contribution in [0.4, 0.5) is 22.7 Å². The number of ether oxygens (including phenoxy) is 1. The standard InChI is InChI=1S/C22H27N3O2/c1-23(2)16-9-11-18-20(13-16)27-21-14-17(24(3)4)10-12-19(21)25(18)22(26)15-7-5-6-8-15/h9-15H,5-8H2,1-4H3. The predicted octanol–water partition coefficient (Wildman–Crippen LogP) is 4.78. The maximum absolute atomic E-state index is 13.4. The minimum Gasteiger partial charge on any atom is -0.453 e. The molecule has 1 aliphatic carbocycles. The fraction of sp³-hybridized carbons (Fsp3) is 0.409. The number of fused-ring (bicyclic) bond motifs is 2. The molecule has 1 fully saturated rings. The lowest BCUT2D eigenvalue weighted by Crippen LogP contribution is -2.33. The van der Waals surface area contributed by atoms with Crippen molar-refractivity contribution in [1.29, 1.82) is 0 Å². The molecular weight excluding hydrogens is 338 g/mol. The van der Waals surface area contributed by atoms with Crippen molar-refractivity contribution in [3.63, 3.8) is 0 Å². The van der Waals surface area contributed by atoms with E-state index in [9.17, 15) is 4.79 Å². The first-order chi connectivity index (χ1) is 13.0. The number of hydrogen-bond acceptors (Lipinski definition) is 4. The van der Waals surface area contributed by atoms with Gasteiger partial charge in [-0.05, 0) is 37.1 Å². The van der Waals surface area contributed by atoms with E-state index in [1.807, 2.05) is 79.3 Å². The second-order valence-corrected chi connectivity index (χ2v) is 7.85. The zero-order valence-corrected chi connectivity index (χ0v) is 16.5. The molecule has 2 aromatic rings. The fourth-order valence-electron chi connectivity index (χ4n) is 3.94. The van der Waals surface area contributed by atoms with Gasteiger partial charge in [0.15, 0.2) is 11.5 Å². The SMILES string of the molecule is CN(C)c1ccc2c(c1)Oc1cc(N(C)C)ccc1N2C(=O)C1CCCC1. The highest BCUT2D eigenvalue weighted by Crippen LogP contribution is 2.50. The zero-order chi connectivity index (χ0) is 19.1. The van der Waals surface area contributed by atoms with Crippen molar-refractivity contribution in [2.24, 2.45) is 5.92 Å². The summed E-state index contributed by atoms with van der Waals surface area (Å²) < 4.78 is 6.25. The molecule has 4 rings (SSSR count). The molecule has 0 unspecified atom stereocenters. The van der Waals surface area contributed by atoms with Gasteiger partial charge in [-0.3, -0.25) is 9.69 Å². The lowest BCUT2D eigenvalue weighted by atomic mass is 10.0. The maximum Gasteiger partial charge on any atom is 0.234 e. The van der Waals surface area contributed by atoms with Crippen LogP contribution in [0.2, 0.25) is 0 Å². The molecule has 0 spiro atoms. The number of benzene rings is 2. The predicted molar refractivity (Wildman–Crippen MR) is 111 cm³/mol. The number of hydrogen-bond donors (Lipinski definition) is 0. The van der Waals surface area contributed by atoms with Gasteiger partial charge in [-0.15, -0.1) is 0 Å². The molecule has 0 saturated heterocycles. The van der Waals surface area contributed by atoms with Crippen molar-refractivity contribution in [1.82, 2.24) is 0 Å². The molecule has 0 atom stereocenters. The van der Waals surface area contributed by atoms with Crippen LogP contribution in [0.5, 0.6) is 11.5 Å². The second kappa shape index (κ2) is 6.80. The molecule has 5 heteroatoms. The molecule has 2 aromatic carbocycles. The molecule has 1 heterocycles. The third-order valence-corrected chi connectivity index (χ3v) is 5.55. The summed E-state index contributed by atoms with van der Waals surface area (Å²) in [5, 5.41) is 0. The van der Waals surface area contributed by atoms with Crippen molar-refractivity contribution in [3.05, 3.63) is 36.4 Å². The Hall–Kier alpha value is -2.69. The van der Waals surface area contributed by atoms with Crippen LogP contribution < -0.4 is 19.4 Å². The van der Waals surface area contributed by atoms with E-state index in [1.165, 1.54) is 0 Å². The number of rotatable bonds is 3. The van der Waals surface area contributed by atoms with Gasteiger partial charge in [-0.2, -0.15) is 0 Å². The Morgan fingerprint density at radius 3 is 1.81 bits per heavy atom. The fourth-order valence-corrected chi connectivity index (χ4v) is 3.94. The van der Waals surface area contributed by atoms with Gasteiger partial charge in [0.2, 0.25) is 5.91 Å². The van der Waals surface area contributed by atoms with Crippen LogP contribution in [0, 0.1) is 5.92 Å². The van der Waals surface area contributed by atoms with Gasteiger partial charge >= 0.3 is 0 Å². The van der Waals surface area contributed by atoms with Crippen LogP contribution >= 0.6 is 0 Å². The van der Waals surface area contributed by atoms with Gasteiger partial charge in [0.05, 0.1) is 11.4 Å². The van der Waals surface area contributed by atoms with Crippen LogP contribution in [-0.4, -0.2) is 34.1 Å². The van der Waals surface area contributed by atoms with E-state index in [4.69, 9.17) is 4.74 Å². The number of anilines is 4. The topological polar surface area (TPSA) is 36.0 Å². The third-order valence-electron chi connectivity index (χ3n) is 5.55. The number of carbonyl (C=O) groups is 1. The Morgan fingerprint density at radius 2 is 1.37 bits per heavy atom. The largest absolute Gasteiger partial charge is 0.453 e. The molecule has 1 aliphatic heterocycles. The summed E-state index contributed by atoms with van der Waals surface area (Å²) in [5.41, 5.74) is 3.77. The minimum absolute atomic E-state index is 0.103. The zero-order valence-electron chi connectivity index (χ0n) is 16.5. The highest BCUT2D eigenvalue weighted by molar-refractivity contribution is 6.06. The van der Waals surface area contributed by atoms with E-state index in [2.05, 4.69) is 0 Å². The minimum atomic E-state index is 0.103. The van der Waals surface area contributed by atoms with E-state index in [0.717, 1.165) is 59.9 Å². The first-order valence-electron chi connectivity index (χ1n) is 9.60. The average molecular weight is 365 g/mol. The van der Waals surface area contributed by atoms with Gasteiger partial charge in [0.25, 0.3) is 0 Å². The summed E-state index contributed by atoms with van der Waals surface area (Å²) in [6.07, 6.45) is 4.23. The van der Waals surface area contributed by atoms with Crippen LogP contribution in [0.1, 0.15) is 25.7 Å². The van der Waals surface area contributed by atoms with Crippen LogP contribution in [-0.2, 0) is 4.79 Å². The quantitative estimate of drug-likeness (QED) is 0.784. The second-order valence-electron chi connectivity index (χ2n) is 7.85. The molecule has 5 nitrogen and oxygen atoms in total. The Kier molecular flexibility index (Phi) is 4.46. The van der Waals surface area contributed by atoms with E-state index in [1.54, 1.807) is 0 Å². The number of amides is 1. The Bertz CT molecular complexity index is 812. The van der Waals surface area contributed by atoms with Gasteiger partial charge in [0.1, 0.15) is 0 Å². The number of carbonyl (C=O) groups excluding carboxylic acids is 1. The monoisotopic (exact) mass is 365 g/mol.